The van der Waals surface area contributed by atoms with Crippen LogP contribution >= 0.6 is 0 Å². The van der Waals surface area contributed by atoms with E-state index in [0.717, 1.165) is 0 Å². The van der Waals surface area contributed by atoms with E-state index >= 15 is 0 Å². The van der Waals surface area contributed by atoms with Crippen molar-refractivity contribution in [1.29, 1.82) is 0 Å². The number of carbonyl (C=O) groups excluding carboxylic acids is 1. The van der Waals surface area contributed by atoms with Gasteiger partial charge in [-0.25, -0.2) is 4.79 Å². The molecule has 1 N–H and O–H groups in total. The summed E-state index contributed by atoms with van der Waals surface area (Å²) >= 11 is 0. The van der Waals surface area contributed by atoms with Crippen molar-refractivity contribution < 1.29 is 14.7 Å². The van der Waals surface area contributed by atoms with Crippen molar-refractivity contribution in [3.05, 3.63) is 42.5 Å². The van der Waals surface area contributed by atoms with Crippen molar-refractivity contribution >= 4 is 17.7 Å². The van der Waals surface area contributed by atoms with Crippen LogP contribution in [0.2, 0.25) is 0 Å². The fraction of sp³-hybridized carbons (Fsp3) is 0.333. The molecule has 1 heterocycles. The number of hydrogen-bond donors (Lipinski definition) is 1. The molecular formula is C15H18N2O3. The maximum Gasteiger partial charge on any atom is 0.324 e. The lowest BCUT2D eigenvalue weighted by Crippen LogP contribution is -2.43. The molecule has 1 atom stereocenters. The minimum absolute atomic E-state index is 0.177. The molecule has 1 unspecified atom stereocenters. The standard InChI is InChI=1S/C15H18N2O3/c1-3-9-16(4-2)15(20)17-10-12(14(18)19)11-7-5-6-8-13(11)17/h3,5-8,12H,1,4,9-10H2,2H3,(H,18,19). The van der Waals surface area contributed by atoms with Crippen LogP contribution in [0.4, 0.5) is 10.5 Å². The maximum atomic E-state index is 12.5. The quantitative estimate of drug-likeness (QED) is 0.857. The van der Waals surface area contributed by atoms with E-state index in [1.54, 1.807) is 34.1 Å². The van der Waals surface area contributed by atoms with E-state index in [-0.39, 0.29) is 12.6 Å². The predicted molar refractivity (Wildman–Crippen MR) is 77.0 cm³/mol. The highest BCUT2D eigenvalue weighted by molar-refractivity contribution is 5.98. The molecule has 0 aliphatic carbocycles. The molecule has 0 spiro atoms. The summed E-state index contributed by atoms with van der Waals surface area (Å²) in [6, 6.07) is 6.99. The van der Waals surface area contributed by atoms with Gasteiger partial charge < -0.3 is 10.0 Å². The zero-order valence-corrected chi connectivity index (χ0v) is 11.5. The monoisotopic (exact) mass is 274 g/mol. The Balaban J connectivity index is 2.32. The van der Waals surface area contributed by atoms with Gasteiger partial charge in [-0.2, -0.15) is 0 Å². The number of aliphatic carboxylic acids is 1. The summed E-state index contributed by atoms with van der Waals surface area (Å²) < 4.78 is 0. The van der Waals surface area contributed by atoms with Crippen molar-refractivity contribution in [2.75, 3.05) is 24.5 Å². The Bertz CT molecular complexity index is 542. The van der Waals surface area contributed by atoms with Crippen molar-refractivity contribution in [3.63, 3.8) is 0 Å². The molecule has 2 amide bonds. The van der Waals surface area contributed by atoms with Gasteiger partial charge >= 0.3 is 12.0 Å². The van der Waals surface area contributed by atoms with Crippen LogP contribution < -0.4 is 4.90 Å². The number of urea groups is 1. The average Bonchev–Trinajstić information content (AvgIpc) is 2.84. The van der Waals surface area contributed by atoms with Gasteiger partial charge in [0.1, 0.15) is 5.92 Å². The molecule has 0 radical (unpaired) electrons. The number of carboxylic acid groups (broad SMARTS) is 1. The molecule has 1 aliphatic heterocycles. The van der Waals surface area contributed by atoms with Crippen molar-refractivity contribution in [2.45, 2.75) is 12.8 Å². The lowest BCUT2D eigenvalue weighted by atomic mass is 10.0. The number of para-hydroxylation sites is 1. The van der Waals surface area contributed by atoms with Gasteiger partial charge in [-0.15, -0.1) is 6.58 Å². The fourth-order valence-electron chi connectivity index (χ4n) is 2.47. The Labute approximate surface area is 118 Å². The van der Waals surface area contributed by atoms with E-state index in [1.165, 1.54) is 0 Å². The number of nitrogens with zero attached hydrogens (tertiary/aromatic N) is 2. The highest BCUT2D eigenvalue weighted by Crippen LogP contribution is 2.36. The number of amides is 2. The van der Waals surface area contributed by atoms with E-state index in [1.807, 2.05) is 13.0 Å². The van der Waals surface area contributed by atoms with Gasteiger partial charge in [0.15, 0.2) is 0 Å². The normalized spacial score (nSPS) is 16.6. The van der Waals surface area contributed by atoms with Crippen LogP contribution in [0.25, 0.3) is 0 Å². The molecule has 0 bridgehead atoms. The minimum atomic E-state index is -0.903. The van der Waals surface area contributed by atoms with Crippen molar-refractivity contribution in [2.24, 2.45) is 0 Å². The van der Waals surface area contributed by atoms with Crippen molar-refractivity contribution in [1.82, 2.24) is 4.90 Å². The molecule has 1 aromatic rings. The first-order chi connectivity index (χ1) is 9.60. The van der Waals surface area contributed by atoms with Gasteiger partial charge in [0.25, 0.3) is 0 Å². The Hall–Kier alpha value is -2.30. The number of carbonyl (C=O) groups is 2. The van der Waals surface area contributed by atoms with Gasteiger partial charge in [0.2, 0.25) is 0 Å². The predicted octanol–water partition coefficient (Wildman–Crippen LogP) is 2.30. The Kier molecular flexibility index (Phi) is 4.08. The van der Waals surface area contributed by atoms with E-state index in [0.29, 0.717) is 24.3 Å². The summed E-state index contributed by atoms with van der Waals surface area (Å²) in [4.78, 5) is 27.0. The smallest absolute Gasteiger partial charge is 0.324 e. The van der Waals surface area contributed by atoms with Gasteiger partial charge in [0.05, 0.1) is 0 Å². The number of fused-ring (bicyclic) bond motifs is 1. The summed E-state index contributed by atoms with van der Waals surface area (Å²) in [5.41, 5.74) is 1.38. The summed E-state index contributed by atoms with van der Waals surface area (Å²) in [6.45, 7) is 6.71. The summed E-state index contributed by atoms with van der Waals surface area (Å²) in [6.07, 6.45) is 1.66. The van der Waals surface area contributed by atoms with Crippen LogP contribution in [-0.2, 0) is 4.79 Å². The van der Waals surface area contributed by atoms with Crippen LogP contribution in [0.3, 0.4) is 0 Å². The van der Waals surface area contributed by atoms with Gasteiger partial charge in [-0.3, -0.25) is 9.69 Å². The van der Waals surface area contributed by atoms with E-state index < -0.39 is 11.9 Å². The van der Waals surface area contributed by atoms with Crippen molar-refractivity contribution in [3.8, 4) is 0 Å². The first kappa shape index (κ1) is 14.1. The molecule has 0 aromatic heterocycles. The first-order valence-electron chi connectivity index (χ1n) is 6.59. The molecule has 0 saturated carbocycles. The van der Waals surface area contributed by atoms with E-state index in [4.69, 9.17) is 0 Å². The molecule has 5 nitrogen and oxygen atoms in total. The Morgan fingerprint density at radius 1 is 1.50 bits per heavy atom. The van der Waals surface area contributed by atoms with Crippen LogP contribution in [0.1, 0.15) is 18.4 Å². The fourth-order valence-corrected chi connectivity index (χ4v) is 2.47. The topological polar surface area (TPSA) is 60.9 Å². The first-order valence-corrected chi connectivity index (χ1v) is 6.59. The van der Waals surface area contributed by atoms with Crippen LogP contribution in [0.5, 0.6) is 0 Å². The Morgan fingerprint density at radius 2 is 2.20 bits per heavy atom. The molecule has 20 heavy (non-hydrogen) atoms. The van der Waals surface area contributed by atoms with Gasteiger partial charge in [-0.05, 0) is 18.6 Å². The van der Waals surface area contributed by atoms with Gasteiger partial charge in [-0.1, -0.05) is 24.3 Å². The summed E-state index contributed by atoms with van der Waals surface area (Å²) in [5, 5.41) is 9.29. The number of hydrogen-bond acceptors (Lipinski definition) is 2. The van der Waals surface area contributed by atoms with E-state index in [2.05, 4.69) is 6.58 Å². The molecule has 0 fully saturated rings. The molecule has 5 heteroatoms. The number of rotatable bonds is 4. The molecule has 0 saturated heterocycles. The van der Waals surface area contributed by atoms with E-state index in [9.17, 15) is 14.7 Å². The highest BCUT2D eigenvalue weighted by atomic mass is 16.4. The SMILES string of the molecule is C=CCN(CC)C(=O)N1CC(C(=O)O)c2ccccc21. The number of anilines is 1. The van der Waals surface area contributed by atoms with Crippen LogP contribution in [-0.4, -0.2) is 41.6 Å². The average molecular weight is 274 g/mol. The minimum Gasteiger partial charge on any atom is -0.481 e. The number of benzene rings is 1. The molecule has 1 aromatic carbocycles. The molecule has 2 rings (SSSR count). The maximum absolute atomic E-state index is 12.5. The third-order valence-corrected chi connectivity index (χ3v) is 3.50. The Morgan fingerprint density at radius 3 is 2.80 bits per heavy atom. The molecule has 106 valence electrons. The largest absolute Gasteiger partial charge is 0.481 e. The second-order valence-corrected chi connectivity index (χ2v) is 4.67. The summed E-state index contributed by atoms with van der Waals surface area (Å²) in [7, 11) is 0. The number of likely N-dealkylation sites (N-methyl/N-ethyl adjacent to an activating group) is 1. The third-order valence-electron chi connectivity index (χ3n) is 3.50. The van der Waals surface area contributed by atoms with Crippen LogP contribution in [0.15, 0.2) is 36.9 Å². The second-order valence-electron chi connectivity index (χ2n) is 4.67. The zero-order chi connectivity index (χ0) is 14.7. The lowest BCUT2D eigenvalue weighted by Gasteiger charge is -2.26. The highest BCUT2D eigenvalue weighted by Gasteiger charge is 2.37. The lowest BCUT2D eigenvalue weighted by molar-refractivity contribution is -0.138. The second kappa shape index (κ2) is 5.77. The van der Waals surface area contributed by atoms with Gasteiger partial charge in [0, 0.05) is 25.3 Å². The zero-order valence-electron chi connectivity index (χ0n) is 11.5. The number of carboxylic acids is 1. The molecular weight excluding hydrogens is 256 g/mol. The summed E-state index contributed by atoms with van der Waals surface area (Å²) in [5.74, 6) is -1.56. The third kappa shape index (κ3) is 2.39. The molecule has 1 aliphatic rings. The van der Waals surface area contributed by atoms with Crippen LogP contribution in [0, 0.1) is 0 Å².